The average Bonchev–Trinajstić information content (AvgIpc) is 3.30. The van der Waals surface area contributed by atoms with Crippen LogP contribution in [-0.2, 0) is 0 Å². The van der Waals surface area contributed by atoms with E-state index >= 15 is 0 Å². The topological polar surface area (TPSA) is 47.6 Å². The Balaban J connectivity index is 1.41. The molecule has 0 aliphatic carbocycles. The summed E-state index contributed by atoms with van der Waals surface area (Å²) in [6.45, 7) is 5.98. The van der Waals surface area contributed by atoms with Crippen LogP contribution in [0, 0.1) is 0 Å². The van der Waals surface area contributed by atoms with Crippen molar-refractivity contribution in [2.24, 2.45) is 0 Å². The number of amides is 2. The molecule has 1 aliphatic rings. The van der Waals surface area contributed by atoms with Crippen molar-refractivity contribution in [1.29, 1.82) is 0 Å². The molecule has 1 aromatic heterocycles. The van der Waals surface area contributed by atoms with Crippen molar-refractivity contribution in [1.82, 2.24) is 10.2 Å². The molecule has 1 saturated heterocycles. The van der Waals surface area contributed by atoms with Crippen LogP contribution in [0.4, 0.5) is 16.2 Å². The Kier molecular flexibility index (Phi) is 6.67. The molecular weight excluding hydrogens is 392 g/mol. The molecule has 0 bridgehead atoms. The standard InChI is InChI=1S/C24H28N4OS/c1-19(25-24(29)26-20-9-4-2-5-10-20)23(22-13-8-18-30-22)28-16-14-27(15-17-28)21-11-6-3-7-12-21/h2-13,18-19,23H,14-17H2,1H3,(H2,25,26,29)/t19-,23-/m1/s1. The van der Waals surface area contributed by atoms with E-state index in [-0.39, 0.29) is 18.1 Å². The molecule has 6 heteroatoms. The van der Waals surface area contributed by atoms with Gasteiger partial charge in [0.1, 0.15) is 0 Å². The molecule has 2 heterocycles. The van der Waals surface area contributed by atoms with Gasteiger partial charge in [-0.25, -0.2) is 4.79 Å². The summed E-state index contributed by atoms with van der Waals surface area (Å²) in [5.41, 5.74) is 2.07. The van der Waals surface area contributed by atoms with Crippen LogP contribution in [0.1, 0.15) is 17.8 Å². The minimum atomic E-state index is -0.168. The van der Waals surface area contributed by atoms with E-state index in [0.29, 0.717) is 0 Å². The van der Waals surface area contributed by atoms with Gasteiger partial charge in [0, 0.05) is 48.5 Å². The van der Waals surface area contributed by atoms with Crippen molar-refractivity contribution in [2.75, 3.05) is 36.4 Å². The monoisotopic (exact) mass is 420 g/mol. The number of carbonyl (C=O) groups excluding carboxylic acids is 1. The Morgan fingerprint density at radius 1 is 0.900 bits per heavy atom. The molecule has 2 atom stereocenters. The van der Waals surface area contributed by atoms with E-state index in [4.69, 9.17) is 0 Å². The molecule has 4 rings (SSSR count). The Hall–Kier alpha value is -2.83. The molecule has 3 aromatic rings. The van der Waals surface area contributed by atoms with Gasteiger partial charge in [0.25, 0.3) is 0 Å². The Labute approximate surface area is 182 Å². The maximum absolute atomic E-state index is 12.6. The van der Waals surface area contributed by atoms with Crippen molar-refractivity contribution in [3.63, 3.8) is 0 Å². The first-order chi connectivity index (χ1) is 14.7. The first-order valence-electron chi connectivity index (χ1n) is 10.4. The van der Waals surface area contributed by atoms with Gasteiger partial charge in [0.2, 0.25) is 0 Å². The van der Waals surface area contributed by atoms with Crippen LogP contribution >= 0.6 is 11.3 Å². The Bertz CT molecular complexity index is 909. The number of rotatable bonds is 6. The third-order valence-electron chi connectivity index (χ3n) is 5.53. The maximum atomic E-state index is 12.6. The third-order valence-corrected chi connectivity index (χ3v) is 6.47. The molecule has 156 valence electrons. The molecule has 0 spiro atoms. The second-order valence-corrected chi connectivity index (χ2v) is 8.55. The number of nitrogens with zero attached hydrogens (tertiary/aromatic N) is 2. The first kappa shape index (κ1) is 20.4. The van der Waals surface area contributed by atoms with Crippen molar-refractivity contribution < 1.29 is 4.79 Å². The second kappa shape index (κ2) is 9.78. The Morgan fingerprint density at radius 2 is 1.57 bits per heavy atom. The van der Waals surface area contributed by atoms with E-state index in [1.807, 2.05) is 30.3 Å². The zero-order chi connectivity index (χ0) is 20.8. The number of piperazine rings is 1. The van der Waals surface area contributed by atoms with Gasteiger partial charge >= 0.3 is 6.03 Å². The highest BCUT2D eigenvalue weighted by Crippen LogP contribution is 2.30. The number of para-hydroxylation sites is 2. The van der Waals surface area contributed by atoms with E-state index in [1.165, 1.54) is 10.6 Å². The molecule has 1 aliphatic heterocycles. The van der Waals surface area contributed by atoms with E-state index in [2.05, 4.69) is 75.2 Å². The van der Waals surface area contributed by atoms with Crippen LogP contribution in [0.2, 0.25) is 0 Å². The van der Waals surface area contributed by atoms with Crippen LogP contribution in [0.3, 0.4) is 0 Å². The summed E-state index contributed by atoms with van der Waals surface area (Å²) in [5, 5.41) is 8.20. The minimum Gasteiger partial charge on any atom is -0.369 e. The lowest BCUT2D eigenvalue weighted by Crippen LogP contribution is -2.52. The Morgan fingerprint density at radius 3 is 2.20 bits per heavy atom. The molecule has 1 fully saturated rings. The summed E-state index contributed by atoms with van der Waals surface area (Å²) in [7, 11) is 0. The fourth-order valence-electron chi connectivity index (χ4n) is 4.07. The summed E-state index contributed by atoms with van der Waals surface area (Å²) in [5.74, 6) is 0. The lowest BCUT2D eigenvalue weighted by atomic mass is 10.0. The number of anilines is 2. The van der Waals surface area contributed by atoms with Crippen LogP contribution in [0.15, 0.2) is 78.2 Å². The second-order valence-electron chi connectivity index (χ2n) is 7.57. The number of nitrogens with one attached hydrogen (secondary N) is 2. The summed E-state index contributed by atoms with van der Waals surface area (Å²) in [4.78, 5) is 18.8. The van der Waals surface area contributed by atoms with Crippen LogP contribution < -0.4 is 15.5 Å². The smallest absolute Gasteiger partial charge is 0.319 e. The highest BCUT2D eigenvalue weighted by Gasteiger charge is 2.30. The molecule has 5 nitrogen and oxygen atoms in total. The largest absolute Gasteiger partial charge is 0.369 e. The summed E-state index contributed by atoms with van der Waals surface area (Å²) < 4.78 is 0. The molecule has 30 heavy (non-hydrogen) atoms. The van der Waals surface area contributed by atoms with Gasteiger partial charge in [-0.2, -0.15) is 0 Å². The van der Waals surface area contributed by atoms with Crippen LogP contribution in [-0.4, -0.2) is 43.2 Å². The normalized spacial score (nSPS) is 16.6. The van der Waals surface area contributed by atoms with Gasteiger partial charge in [-0.3, -0.25) is 4.90 Å². The highest BCUT2D eigenvalue weighted by molar-refractivity contribution is 7.10. The van der Waals surface area contributed by atoms with Crippen molar-refractivity contribution in [2.45, 2.75) is 19.0 Å². The molecule has 0 unspecified atom stereocenters. The lowest BCUT2D eigenvalue weighted by molar-refractivity contribution is 0.157. The number of benzene rings is 2. The van der Waals surface area contributed by atoms with Gasteiger partial charge in [-0.15, -0.1) is 11.3 Å². The molecule has 0 radical (unpaired) electrons. The number of hydrogen-bond donors (Lipinski definition) is 2. The molecule has 0 saturated carbocycles. The van der Waals surface area contributed by atoms with E-state index in [9.17, 15) is 4.79 Å². The zero-order valence-corrected chi connectivity index (χ0v) is 18.0. The molecule has 2 aromatic carbocycles. The van der Waals surface area contributed by atoms with Crippen LogP contribution in [0.5, 0.6) is 0 Å². The fourth-order valence-corrected chi connectivity index (χ4v) is 5.04. The summed E-state index contributed by atoms with van der Waals surface area (Å²) >= 11 is 1.75. The summed E-state index contributed by atoms with van der Waals surface area (Å²) in [6.07, 6.45) is 0. The maximum Gasteiger partial charge on any atom is 0.319 e. The quantitative estimate of drug-likeness (QED) is 0.601. The SMILES string of the molecule is C[C@@H](NC(=O)Nc1ccccc1)[C@H](c1cccs1)N1CCN(c2ccccc2)CC1. The van der Waals surface area contributed by atoms with E-state index in [1.54, 1.807) is 11.3 Å². The van der Waals surface area contributed by atoms with Gasteiger partial charge in [-0.05, 0) is 42.6 Å². The van der Waals surface area contributed by atoms with E-state index < -0.39 is 0 Å². The molecule has 2 N–H and O–H groups in total. The molecule has 2 amide bonds. The minimum absolute atomic E-state index is 0.0179. The first-order valence-corrected chi connectivity index (χ1v) is 11.3. The van der Waals surface area contributed by atoms with Crippen LogP contribution in [0.25, 0.3) is 0 Å². The zero-order valence-electron chi connectivity index (χ0n) is 17.2. The average molecular weight is 421 g/mol. The number of thiophene rings is 1. The van der Waals surface area contributed by atoms with Crippen molar-refractivity contribution in [3.8, 4) is 0 Å². The fraction of sp³-hybridized carbons (Fsp3) is 0.292. The lowest BCUT2D eigenvalue weighted by Gasteiger charge is -2.42. The predicted octanol–water partition coefficient (Wildman–Crippen LogP) is 4.82. The summed E-state index contributed by atoms with van der Waals surface area (Å²) in [6, 6.07) is 24.4. The van der Waals surface area contributed by atoms with E-state index in [0.717, 1.165) is 31.9 Å². The predicted molar refractivity (Wildman–Crippen MR) is 125 cm³/mol. The van der Waals surface area contributed by atoms with Gasteiger partial charge in [0.05, 0.1) is 6.04 Å². The molecular formula is C24H28N4OS. The highest BCUT2D eigenvalue weighted by atomic mass is 32.1. The number of carbonyl (C=O) groups is 1. The number of urea groups is 1. The third kappa shape index (κ3) is 5.01. The van der Waals surface area contributed by atoms with Gasteiger partial charge < -0.3 is 15.5 Å². The van der Waals surface area contributed by atoms with Gasteiger partial charge in [-0.1, -0.05) is 42.5 Å². The van der Waals surface area contributed by atoms with Crippen molar-refractivity contribution in [3.05, 3.63) is 83.1 Å². The number of hydrogen-bond acceptors (Lipinski definition) is 4. The van der Waals surface area contributed by atoms with Gasteiger partial charge in [0.15, 0.2) is 0 Å². The van der Waals surface area contributed by atoms with Crippen molar-refractivity contribution >= 4 is 28.7 Å².